The molecule has 2 aromatic carbocycles. The van der Waals surface area contributed by atoms with Gasteiger partial charge < -0.3 is 8.85 Å². The maximum absolute atomic E-state index is 13.3. The molecule has 164 valence electrons. The second-order valence-electron chi connectivity index (χ2n) is 11.1. The van der Waals surface area contributed by atoms with Crippen LogP contribution in [0, 0.1) is 0 Å². The van der Waals surface area contributed by atoms with E-state index in [2.05, 4.69) is 67.7 Å². The summed E-state index contributed by atoms with van der Waals surface area (Å²) in [5, 5.41) is 0.188. The number of hydrogen-bond donors (Lipinski definition) is 0. The van der Waals surface area contributed by atoms with Gasteiger partial charge in [0.15, 0.2) is 5.78 Å². The molecule has 0 aromatic heterocycles. The van der Waals surface area contributed by atoms with Crippen LogP contribution >= 0.6 is 0 Å². The molecular formula is C25H38O3Si2. The Kier molecular flexibility index (Phi) is 6.79. The molecule has 0 unspecified atom stereocenters. The molecule has 0 amide bonds. The smallest absolute Gasteiger partial charge is 0.250 e. The summed E-state index contributed by atoms with van der Waals surface area (Å²) in [5.74, 6) is 1.47. The quantitative estimate of drug-likeness (QED) is 0.340. The molecule has 0 saturated carbocycles. The number of carbonyl (C=O) groups excluding carboxylic acids is 1. The van der Waals surface area contributed by atoms with Gasteiger partial charge in [-0.2, -0.15) is 0 Å². The molecule has 0 atom stereocenters. The Labute approximate surface area is 185 Å². The Morgan fingerprint density at radius 3 is 1.67 bits per heavy atom. The van der Waals surface area contributed by atoms with Crippen molar-refractivity contribution in [3.8, 4) is 11.5 Å². The zero-order valence-electron chi connectivity index (χ0n) is 20.3. The fourth-order valence-corrected chi connectivity index (χ4v) is 4.51. The zero-order valence-corrected chi connectivity index (χ0v) is 22.3. The van der Waals surface area contributed by atoms with Crippen LogP contribution in [0.1, 0.15) is 57.5 Å². The minimum absolute atomic E-state index is 0.0248. The molecule has 0 spiro atoms. The molecule has 5 heteroatoms. The van der Waals surface area contributed by atoms with Crippen LogP contribution in [0.4, 0.5) is 0 Å². The van der Waals surface area contributed by atoms with Gasteiger partial charge in [0.05, 0.1) is 5.56 Å². The van der Waals surface area contributed by atoms with Gasteiger partial charge in [0.25, 0.3) is 8.32 Å². The van der Waals surface area contributed by atoms with Crippen LogP contribution in [0.25, 0.3) is 0 Å². The van der Waals surface area contributed by atoms with Crippen molar-refractivity contribution in [1.82, 2.24) is 0 Å². The van der Waals surface area contributed by atoms with E-state index < -0.39 is 16.6 Å². The fraction of sp³-hybridized carbons (Fsp3) is 0.480. The van der Waals surface area contributed by atoms with Crippen LogP contribution in [-0.2, 0) is 0 Å². The molecule has 3 nitrogen and oxygen atoms in total. The minimum Gasteiger partial charge on any atom is -0.544 e. The lowest BCUT2D eigenvalue weighted by atomic mass is 10.0. The monoisotopic (exact) mass is 442 g/mol. The predicted molar refractivity (Wildman–Crippen MR) is 132 cm³/mol. The molecule has 2 aromatic rings. The van der Waals surface area contributed by atoms with Gasteiger partial charge in [-0.05, 0) is 72.7 Å². The standard InChI is InChI=1S/C25H38O3Si2/c1-24(2,3)29(7,8)27-20-17-15-19(16-18-20)23(26)21-13-11-12-14-22(21)28-30(9,10)25(4,5)6/h11-18H,1-10H3. The van der Waals surface area contributed by atoms with Crippen molar-refractivity contribution in [1.29, 1.82) is 0 Å². The minimum atomic E-state index is -2.05. The lowest BCUT2D eigenvalue weighted by Crippen LogP contribution is -2.44. The summed E-state index contributed by atoms with van der Waals surface area (Å²) >= 11 is 0. The van der Waals surface area contributed by atoms with E-state index in [1.807, 2.05) is 48.5 Å². The largest absolute Gasteiger partial charge is 0.544 e. The van der Waals surface area contributed by atoms with Crippen LogP contribution in [-0.4, -0.2) is 22.4 Å². The summed E-state index contributed by atoms with van der Waals surface area (Å²) in [4.78, 5) is 13.3. The zero-order chi connectivity index (χ0) is 23.0. The second-order valence-corrected chi connectivity index (χ2v) is 20.5. The van der Waals surface area contributed by atoms with Gasteiger partial charge in [0.1, 0.15) is 11.5 Å². The average molecular weight is 443 g/mol. The first-order valence-corrected chi connectivity index (χ1v) is 16.5. The van der Waals surface area contributed by atoms with Crippen molar-refractivity contribution >= 4 is 22.4 Å². The lowest BCUT2D eigenvalue weighted by molar-refractivity contribution is 0.103. The summed E-state index contributed by atoms with van der Waals surface area (Å²) in [5.41, 5.74) is 1.25. The van der Waals surface area contributed by atoms with E-state index in [-0.39, 0.29) is 15.9 Å². The Morgan fingerprint density at radius 1 is 0.700 bits per heavy atom. The topological polar surface area (TPSA) is 35.5 Å². The molecular weight excluding hydrogens is 404 g/mol. The normalized spacial score (nSPS) is 13.1. The van der Waals surface area contributed by atoms with Crippen molar-refractivity contribution in [2.24, 2.45) is 0 Å². The van der Waals surface area contributed by atoms with Crippen molar-refractivity contribution in [2.75, 3.05) is 0 Å². The van der Waals surface area contributed by atoms with Crippen LogP contribution in [0.5, 0.6) is 11.5 Å². The Balaban J connectivity index is 2.28. The Bertz CT molecular complexity index is 886. The molecule has 0 radical (unpaired) electrons. The number of carbonyl (C=O) groups is 1. The third kappa shape index (κ3) is 5.44. The van der Waals surface area contributed by atoms with Crippen LogP contribution in [0.2, 0.25) is 36.3 Å². The van der Waals surface area contributed by atoms with Gasteiger partial charge in [0, 0.05) is 5.56 Å². The highest BCUT2D eigenvalue weighted by atomic mass is 28.4. The lowest BCUT2D eigenvalue weighted by Gasteiger charge is -2.37. The van der Waals surface area contributed by atoms with E-state index in [1.165, 1.54) is 0 Å². The molecule has 0 saturated heterocycles. The third-order valence-corrected chi connectivity index (χ3v) is 15.3. The maximum Gasteiger partial charge on any atom is 0.250 e. The van der Waals surface area contributed by atoms with Gasteiger partial charge in [-0.15, -0.1) is 0 Å². The number of ketones is 1. The summed E-state index contributed by atoms with van der Waals surface area (Å²) in [6, 6.07) is 15.1. The van der Waals surface area contributed by atoms with Crippen molar-refractivity contribution < 1.29 is 13.6 Å². The van der Waals surface area contributed by atoms with E-state index in [9.17, 15) is 4.79 Å². The highest BCUT2D eigenvalue weighted by molar-refractivity contribution is 6.75. The van der Waals surface area contributed by atoms with Gasteiger partial charge in [0.2, 0.25) is 8.32 Å². The molecule has 30 heavy (non-hydrogen) atoms. The first-order valence-electron chi connectivity index (χ1n) is 10.7. The van der Waals surface area contributed by atoms with E-state index >= 15 is 0 Å². The maximum atomic E-state index is 13.3. The van der Waals surface area contributed by atoms with Gasteiger partial charge >= 0.3 is 0 Å². The van der Waals surface area contributed by atoms with Crippen LogP contribution in [0.3, 0.4) is 0 Å². The molecule has 0 aliphatic rings. The van der Waals surface area contributed by atoms with Gasteiger partial charge in [-0.25, -0.2) is 0 Å². The highest BCUT2D eigenvalue weighted by Crippen LogP contribution is 2.39. The first kappa shape index (κ1) is 24.4. The van der Waals surface area contributed by atoms with E-state index in [0.717, 1.165) is 5.75 Å². The molecule has 0 heterocycles. The number of hydrogen-bond acceptors (Lipinski definition) is 3. The highest BCUT2D eigenvalue weighted by Gasteiger charge is 2.40. The summed E-state index contributed by atoms with van der Waals surface area (Å²) in [6.07, 6.45) is 0. The molecule has 0 aliphatic heterocycles. The van der Waals surface area contributed by atoms with Crippen molar-refractivity contribution in [3.63, 3.8) is 0 Å². The predicted octanol–water partition coefficient (Wildman–Crippen LogP) is 7.69. The third-order valence-electron chi connectivity index (χ3n) is 6.60. The van der Waals surface area contributed by atoms with Crippen molar-refractivity contribution in [3.05, 3.63) is 59.7 Å². The second kappa shape index (κ2) is 8.35. The van der Waals surface area contributed by atoms with Gasteiger partial charge in [-0.1, -0.05) is 53.7 Å². The Morgan fingerprint density at radius 2 is 1.17 bits per heavy atom. The van der Waals surface area contributed by atoms with Crippen LogP contribution < -0.4 is 8.85 Å². The first-order chi connectivity index (χ1) is 13.6. The Hall–Kier alpha value is -1.86. The summed E-state index contributed by atoms with van der Waals surface area (Å²) in [7, 11) is -3.95. The number of para-hydroxylation sites is 1. The fourth-order valence-electron chi connectivity index (χ4n) is 2.45. The van der Waals surface area contributed by atoms with E-state index in [4.69, 9.17) is 8.85 Å². The molecule has 0 bridgehead atoms. The van der Waals surface area contributed by atoms with Crippen LogP contribution in [0.15, 0.2) is 48.5 Å². The summed E-state index contributed by atoms with van der Waals surface area (Å²) in [6.45, 7) is 22.1. The molecule has 0 fully saturated rings. The number of benzene rings is 2. The number of rotatable bonds is 6. The van der Waals surface area contributed by atoms with Gasteiger partial charge in [-0.3, -0.25) is 4.79 Å². The molecule has 2 rings (SSSR count). The average Bonchev–Trinajstić information content (AvgIpc) is 2.60. The molecule has 0 N–H and O–H groups in total. The molecule has 0 aliphatic carbocycles. The van der Waals surface area contributed by atoms with E-state index in [0.29, 0.717) is 16.9 Å². The van der Waals surface area contributed by atoms with E-state index in [1.54, 1.807) is 0 Å². The summed E-state index contributed by atoms with van der Waals surface area (Å²) < 4.78 is 12.8. The SMILES string of the molecule is CC(C)(C)[Si](C)(C)Oc1ccc(C(=O)c2ccccc2O[Si](C)(C)C(C)(C)C)cc1. The van der Waals surface area contributed by atoms with Crippen molar-refractivity contribution in [2.45, 2.75) is 77.8 Å².